The van der Waals surface area contributed by atoms with Crippen LogP contribution in [-0.4, -0.2) is 27.5 Å². The Labute approximate surface area is 162 Å². The van der Waals surface area contributed by atoms with Crippen LogP contribution in [0.1, 0.15) is 29.5 Å². The highest BCUT2D eigenvalue weighted by Gasteiger charge is 2.25. The second-order valence-electron chi connectivity index (χ2n) is 6.35. The van der Waals surface area contributed by atoms with Crippen molar-refractivity contribution in [3.05, 3.63) is 76.8 Å². The topological polar surface area (TPSA) is 42.8 Å². The Hall–Kier alpha value is -1.89. The van der Waals surface area contributed by atoms with Crippen molar-refractivity contribution in [2.75, 3.05) is 6.61 Å². The quantitative estimate of drug-likeness (QED) is 0.480. The monoisotopic (exact) mass is 383 g/mol. The van der Waals surface area contributed by atoms with Gasteiger partial charge in [0.2, 0.25) is 0 Å². The zero-order chi connectivity index (χ0) is 17.8. The van der Waals surface area contributed by atoms with Crippen LogP contribution in [0, 0.1) is 4.77 Å². The molecule has 0 radical (unpaired) electrons. The molecule has 0 spiro atoms. The maximum absolute atomic E-state index is 5.82. The summed E-state index contributed by atoms with van der Waals surface area (Å²) in [5.41, 5.74) is 1.21. The Morgan fingerprint density at radius 1 is 1.15 bits per heavy atom. The minimum atomic E-state index is 0.0629. The maximum atomic E-state index is 5.82. The summed E-state index contributed by atoms with van der Waals surface area (Å²) in [6, 6.07) is 20.9. The van der Waals surface area contributed by atoms with Gasteiger partial charge in [0.25, 0.3) is 0 Å². The molecule has 1 N–H and O–H groups in total. The van der Waals surface area contributed by atoms with Crippen LogP contribution in [0.25, 0.3) is 0 Å². The molecule has 3 aromatic rings. The smallest absolute Gasteiger partial charge is 0.195 e. The number of thioether (sulfide) groups is 1. The number of H-pyrrole nitrogens is 1. The summed E-state index contributed by atoms with van der Waals surface area (Å²) >= 11 is 7.31. The summed E-state index contributed by atoms with van der Waals surface area (Å²) in [6.45, 7) is 1.59. The van der Waals surface area contributed by atoms with E-state index < -0.39 is 0 Å². The lowest BCUT2D eigenvalue weighted by molar-refractivity contribution is 0.0959. The molecule has 1 saturated heterocycles. The molecule has 26 heavy (non-hydrogen) atoms. The molecule has 0 bridgehead atoms. The van der Waals surface area contributed by atoms with E-state index in [-0.39, 0.29) is 11.4 Å². The van der Waals surface area contributed by atoms with Gasteiger partial charge in [-0.2, -0.15) is 5.10 Å². The SMILES string of the molecule is S=c1[nH]nc([C@H](Sc2ccccc2)c2ccccc2)n1C[C@@H]1CCCO1. The summed E-state index contributed by atoms with van der Waals surface area (Å²) in [4.78, 5) is 1.21. The van der Waals surface area contributed by atoms with Gasteiger partial charge in [0.1, 0.15) is 5.82 Å². The molecule has 1 aromatic heterocycles. The van der Waals surface area contributed by atoms with E-state index in [1.807, 2.05) is 12.1 Å². The second-order valence-corrected chi connectivity index (χ2v) is 7.92. The van der Waals surface area contributed by atoms with Crippen LogP contribution >= 0.6 is 24.0 Å². The number of rotatable bonds is 6. The normalized spacial score (nSPS) is 18.1. The maximum Gasteiger partial charge on any atom is 0.195 e. The van der Waals surface area contributed by atoms with E-state index in [1.165, 1.54) is 10.5 Å². The van der Waals surface area contributed by atoms with Crippen molar-refractivity contribution >= 4 is 24.0 Å². The van der Waals surface area contributed by atoms with Gasteiger partial charge >= 0.3 is 0 Å². The fraction of sp³-hybridized carbons (Fsp3) is 0.300. The molecule has 134 valence electrons. The third-order valence-electron chi connectivity index (χ3n) is 4.53. The summed E-state index contributed by atoms with van der Waals surface area (Å²) < 4.78 is 8.59. The van der Waals surface area contributed by atoms with Crippen LogP contribution in [0.2, 0.25) is 0 Å². The highest BCUT2D eigenvalue weighted by molar-refractivity contribution is 7.99. The summed E-state index contributed by atoms with van der Waals surface area (Å²) in [5.74, 6) is 0.950. The first-order valence-electron chi connectivity index (χ1n) is 8.84. The largest absolute Gasteiger partial charge is 0.376 e. The Morgan fingerprint density at radius 3 is 2.58 bits per heavy atom. The van der Waals surface area contributed by atoms with Crippen molar-refractivity contribution in [2.24, 2.45) is 0 Å². The molecule has 4 rings (SSSR count). The van der Waals surface area contributed by atoms with Crippen molar-refractivity contribution < 1.29 is 4.74 Å². The van der Waals surface area contributed by atoms with Gasteiger partial charge in [-0.05, 0) is 42.8 Å². The Balaban J connectivity index is 1.71. The van der Waals surface area contributed by atoms with Crippen molar-refractivity contribution in [3.8, 4) is 0 Å². The predicted molar refractivity (Wildman–Crippen MR) is 107 cm³/mol. The number of benzene rings is 2. The molecule has 1 aliphatic heterocycles. The van der Waals surface area contributed by atoms with Gasteiger partial charge in [-0.15, -0.1) is 11.8 Å². The van der Waals surface area contributed by atoms with E-state index in [9.17, 15) is 0 Å². The van der Waals surface area contributed by atoms with Gasteiger partial charge in [-0.1, -0.05) is 48.5 Å². The zero-order valence-corrected chi connectivity index (χ0v) is 16.0. The molecular formula is C20H21N3OS2. The number of ether oxygens (including phenoxy) is 1. The van der Waals surface area contributed by atoms with Gasteiger partial charge in [0.15, 0.2) is 4.77 Å². The predicted octanol–water partition coefficient (Wildman–Crippen LogP) is 5.00. The van der Waals surface area contributed by atoms with Crippen molar-refractivity contribution in [1.82, 2.24) is 14.8 Å². The average molecular weight is 384 g/mol. The molecule has 0 amide bonds. The Kier molecular flexibility index (Phi) is 5.53. The van der Waals surface area contributed by atoms with E-state index in [2.05, 4.69) is 63.3 Å². The Bertz CT molecular complexity index is 886. The number of hydrogen-bond donors (Lipinski definition) is 1. The van der Waals surface area contributed by atoms with E-state index in [0.717, 1.165) is 31.8 Å². The molecular weight excluding hydrogens is 362 g/mol. The van der Waals surface area contributed by atoms with Gasteiger partial charge in [-0.3, -0.25) is 5.10 Å². The molecule has 2 heterocycles. The lowest BCUT2D eigenvalue weighted by Gasteiger charge is -2.19. The first-order chi connectivity index (χ1) is 12.8. The minimum Gasteiger partial charge on any atom is -0.376 e. The van der Waals surface area contributed by atoms with Crippen molar-refractivity contribution in [3.63, 3.8) is 0 Å². The van der Waals surface area contributed by atoms with Gasteiger partial charge in [-0.25, -0.2) is 0 Å². The second kappa shape index (κ2) is 8.20. The minimum absolute atomic E-state index is 0.0629. The molecule has 0 aliphatic carbocycles. The third-order valence-corrected chi connectivity index (χ3v) is 6.11. The summed E-state index contributed by atoms with van der Waals surface area (Å²) in [5, 5.41) is 7.66. The molecule has 1 fully saturated rings. The van der Waals surface area contributed by atoms with Crippen LogP contribution in [0.5, 0.6) is 0 Å². The van der Waals surface area contributed by atoms with E-state index in [1.54, 1.807) is 11.8 Å². The first kappa shape index (κ1) is 17.5. The van der Waals surface area contributed by atoms with Gasteiger partial charge in [0.05, 0.1) is 17.9 Å². The first-order valence-corrected chi connectivity index (χ1v) is 10.1. The van der Waals surface area contributed by atoms with E-state index in [4.69, 9.17) is 17.0 Å². The molecule has 4 nitrogen and oxygen atoms in total. The number of nitrogens with one attached hydrogen (secondary N) is 1. The van der Waals surface area contributed by atoms with Crippen molar-refractivity contribution in [1.29, 1.82) is 0 Å². The molecule has 2 aromatic carbocycles. The number of nitrogens with zero attached hydrogens (tertiary/aromatic N) is 2. The van der Waals surface area contributed by atoms with E-state index in [0.29, 0.717) is 4.77 Å². The highest BCUT2D eigenvalue weighted by Crippen LogP contribution is 2.39. The molecule has 0 unspecified atom stereocenters. The van der Waals surface area contributed by atoms with E-state index >= 15 is 0 Å². The van der Waals surface area contributed by atoms with Crippen LogP contribution in [0.4, 0.5) is 0 Å². The summed E-state index contributed by atoms with van der Waals surface area (Å²) in [6.07, 6.45) is 2.41. The third kappa shape index (κ3) is 3.92. The number of hydrogen-bond acceptors (Lipinski definition) is 4. The molecule has 6 heteroatoms. The molecule has 2 atom stereocenters. The van der Waals surface area contributed by atoms with Gasteiger partial charge < -0.3 is 9.30 Å². The van der Waals surface area contributed by atoms with Crippen LogP contribution < -0.4 is 0 Å². The average Bonchev–Trinajstić information content (AvgIpc) is 3.33. The lowest BCUT2D eigenvalue weighted by atomic mass is 10.1. The molecule has 1 aliphatic rings. The summed E-state index contributed by atoms with van der Waals surface area (Å²) in [7, 11) is 0. The lowest BCUT2D eigenvalue weighted by Crippen LogP contribution is -2.18. The fourth-order valence-corrected chi connectivity index (χ4v) is 4.61. The van der Waals surface area contributed by atoms with Crippen molar-refractivity contribution in [2.45, 2.75) is 35.6 Å². The van der Waals surface area contributed by atoms with Crippen LogP contribution in [-0.2, 0) is 11.3 Å². The van der Waals surface area contributed by atoms with Crippen LogP contribution in [0.15, 0.2) is 65.6 Å². The van der Waals surface area contributed by atoms with Gasteiger partial charge in [0, 0.05) is 11.5 Å². The number of aromatic nitrogens is 3. The Morgan fingerprint density at radius 2 is 1.88 bits per heavy atom. The zero-order valence-electron chi connectivity index (χ0n) is 14.4. The van der Waals surface area contributed by atoms with Crippen LogP contribution in [0.3, 0.4) is 0 Å². The number of aromatic amines is 1. The fourth-order valence-electron chi connectivity index (χ4n) is 3.23. The highest BCUT2D eigenvalue weighted by atomic mass is 32.2. The standard InChI is InChI=1S/C20H21N3OS2/c25-20-22-21-19(23(20)14-16-10-7-13-24-16)18(15-8-3-1-4-9-15)26-17-11-5-2-6-12-17/h1-6,8-9,11-12,16,18H,7,10,13-14H2,(H,22,25)/t16-,18+/m0/s1. The molecule has 0 saturated carbocycles.